The Bertz CT molecular complexity index is 255. The van der Waals surface area contributed by atoms with Crippen molar-refractivity contribution in [2.75, 3.05) is 6.61 Å². The molecule has 2 aliphatic rings. The van der Waals surface area contributed by atoms with E-state index in [1.807, 2.05) is 0 Å². The summed E-state index contributed by atoms with van der Waals surface area (Å²) in [4.78, 5) is 0. The number of aliphatic hydroxyl groups is 2. The van der Waals surface area contributed by atoms with Crippen molar-refractivity contribution in [1.29, 1.82) is 0 Å². The first-order valence-electron chi connectivity index (χ1n) is 6.93. The Morgan fingerprint density at radius 3 is 2.29 bits per heavy atom. The van der Waals surface area contributed by atoms with Crippen LogP contribution in [0.15, 0.2) is 11.8 Å². The second kappa shape index (κ2) is 5.87. The van der Waals surface area contributed by atoms with Gasteiger partial charge in [-0.15, -0.1) is 0 Å². The van der Waals surface area contributed by atoms with Crippen LogP contribution in [0.4, 0.5) is 0 Å². The maximum Gasteiger partial charge on any atom is 0.0873 e. The zero-order valence-electron chi connectivity index (χ0n) is 10.6. The van der Waals surface area contributed by atoms with E-state index in [9.17, 15) is 10.2 Å². The first-order chi connectivity index (χ1) is 8.25. The molecule has 98 valence electrons. The van der Waals surface area contributed by atoms with Crippen LogP contribution in [0.2, 0.25) is 0 Å². The van der Waals surface area contributed by atoms with Crippen molar-refractivity contribution in [1.82, 2.24) is 0 Å². The number of unbranched alkanes of at least 4 members (excludes halogenated alkanes) is 1. The van der Waals surface area contributed by atoms with Gasteiger partial charge in [0.25, 0.3) is 0 Å². The van der Waals surface area contributed by atoms with Gasteiger partial charge in [0.15, 0.2) is 0 Å². The minimum absolute atomic E-state index is 0.250. The summed E-state index contributed by atoms with van der Waals surface area (Å²) in [5.41, 5.74) is 0.706. The smallest absolute Gasteiger partial charge is 0.0873 e. The number of rotatable bonds is 4. The van der Waals surface area contributed by atoms with Gasteiger partial charge in [-0.1, -0.05) is 26.2 Å². The maximum absolute atomic E-state index is 10.2. The van der Waals surface area contributed by atoms with Crippen LogP contribution in [0.5, 0.6) is 0 Å². The summed E-state index contributed by atoms with van der Waals surface area (Å²) >= 11 is 0. The maximum atomic E-state index is 10.2. The van der Waals surface area contributed by atoms with E-state index in [-0.39, 0.29) is 11.8 Å². The molecule has 2 fully saturated rings. The van der Waals surface area contributed by atoms with Crippen LogP contribution in [0.3, 0.4) is 0 Å². The molecular weight excluding hydrogens is 216 g/mol. The Morgan fingerprint density at radius 2 is 1.76 bits per heavy atom. The molecule has 2 rings (SSSR count). The molecular formula is C14H24O3. The van der Waals surface area contributed by atoms with Crippen molar-refractivity contribution in [3.8, 4) is 0 Å². The molecule has 17 heavy (non-hydrogen) atoms. The van der Waals surface area contributed by atoms with Gasteiger partial charge in [-0.3, -0.25) is 0 Å². The molecule has 0 spiro atoms. The molecule has 0 heterocycles. The molecule has 0 saturated heterocycles. The number of ether oxygens (including phenoxy) is 1. The molecule has 0 radical (unpaired) electrons. The summed E-state index contributed by atoms with van der Waals surface area (Å²) in [6.07, 6.45) is 7.17. The van der Waals surface area contributed by atoms with E-state index in [1.54, 1.807) is 6.26 Å². The van der Waals surface area contributed by atoms with Gasteiger partial charge in [0.05, 0.1) is 25.1 Å². The van der Waals surface area contributed by atoms with Gasteiger partial charge in [0, 0.05) is 5.57 Å². The average molecular weight is 240 g/mol. The predicted molar refractivity (Wildman–Crippen MR) is 66.4 cm³/mol. The largest absolute Gasteiger partial charge is 0.501 e. The van der Waals surface area contributed by atoms with E-state index in [4.69, 9.17) is 4.74 Å². The molecule has 0 aromatic carbocycles. The first-order valence-corrected chi connectivity index (χ1v) is 6.93. The van der Waals surface area contributed by atoms with Crippen molar-refractivity contribution in [2.45, 2.75) is 57.7 Å². The summed E-state index contributed by atoms with van der Waals surface area (Å²) in [5, 5.41) is 20.4. The van der Waals surface area contributed by atoms with Gasteiger partial charge in [-0.2, -0.15) is 0 Å². The fraction of sp³-hybridized carbons (Fsp3) is 0.857. The van der Waals surface area contributed by atoms with E-state index in [2.05, 4.69) is 6.92 Å². The predicted octanol–water partition coefficient (Wildman–Crippen LogP) is 2.23. The molecule has 0 bridgehead atoms. The Labute approximate surface area is 103 Å². The summed E-state index contributed by atoms with van der Waals surface area (Å²) in [6, 6.07) is 0. The summed E-state index contributed by atoms with van der Waals surface area (Å²) < 4.78 is 5.42. The lowest BCUT2D eigenvalue weighted by Crippen LogP contribution is -2.25. The minimum atomic E-state index is -0.489. The van der Waals surface area contributed by atoms with E-state index < -0.39 is 12.2 Å². The minimum Gasteiger partial charge on any atom is -0.501 e. The number of aliphatic hydroxyl groups excluding tert-OH is 2. The lowest BCUT2D eigenvalue weighted by molar-refractivity contribution is 0.0829. The van der Waals surface area contributed by atoms with Gasteiger partial charge < -0.3 is 14.9 Å². The molecule has 0 aromatic heterocycles. The van der Waals surface area contributed by atoms with E-state index in [0.717, 1.165) is 25.7 Å². The Kier molecular flexibility index (Phi) is 4.46. The van der Waals surface area contributed by atoms with Crippen molar-refractivity contribution in [2.24, 2.45) is 11.8 Å². The molecule has 0 aliphatic heterocycles. The van der Waals surface area contributed by atoms with Crippen LogP contribution in [-0.2, 0) is 4.74 Å². The standard InChI is InChI=1S/C14H24O3/c1-2-3-8-17-9-12-13(15)10-6-4-5-7-11(10)14(12)16/h9-11,13-16H,2-8H2,1H3. The van der Waals surface area contributed by atoms with E-state index >= 15 is 0 Å². The topological polar surface area (TPSA) is 49.7 Å². The molecule has 4 unspecified atom stereocenters. The second-order valence-electron chi connectivity index (χ2n) is 5.34. The lowest BCUT2D eigenvalue weighted by atomic mass is 9.80. The van der Waals surface area contributed by atoms with Gasteiger partial charge >= 0.3 is 0 Å². The average Bonchev–Trinajstić information content (AvgIpc) is 2.60. The fourth-order valence-electron chi connectivity index (χ4n) is 3.16. The number of hydrogen-bond acceptors (Lipinski definition) is 3. The van der Waals surface area contributed by atoms with E-state index in [1.165, 1.54) is 12.8 Å². The number of fused-ring (bicyclic) bond motifs is 1. The molecule has 2 saturated carbocycles. The van der Waals surface area contributed by atoms with Crippen LogP contribution in [0.25, 0.3) is 0 Å². The second-order valence-corrected chi connectivity index (χ2v) is 5.34. The Hall–Kier alpha value is -0.540. The van der Waals surface area contributed by atoms with Gasteiger partial charge in [-0.05, 0) is 31.1 Å². The Morgan fingerprint density at radius 1 is 1.18 bits per heavy atom. The van der Waals surface area contributed by atoms with Crippen molar-refractivity contribution < 1.29 is 14.9 Å². The van der Waals surface area contributed by atoms with Gasteiger partial charge in [0.1, 0.15) is 0 Å². The zero-order valence-corrected chi connectivity index (χ0v) is 10.6. The van der Waals surface area contributed by atoms with Gasteiger partial charge in [0.2, 0.25) is 0 Å². The van der Waals surface area contributed by atoms with E-state index in [0.29, 0.717) is 12.2 Å². The molecule has 0 amide bonds. The number of hydrogen-bond donors (Lipinski definition) is 2. The molecule has 0 aromatic rings. The highest BCUT2D eigenvalue weighted by Crippen LogP contribution is 2.45. The van der Waals surface area contributed by atoms with Crippen molar-refractivity contribution in [3.63, 3.8) is 0 Å². The quantitative estimate of drug-likeness (QED) is 0.585. The van der Waals surface area contributed by atoms with Crippen molar-refractivity contribution >= 4 is 0 Å². The molecule has 3 heteroatoms. The lowest BCUT2D eigenvalue weighted by Gasteiger charge is -2.27. The SMILES string of the molecule is CCCCOC=C1C(O)C2CCCCC2C1O. The van der Waals surface area contributed by atoms with Crippen LogP contribution in [-0.4, -0.2) is 29.0 Å². The first kappa shape index (κ1) is 12.9. The Balaban J connectivity index is 1.97. The highest BCUT2D eigenvalue weighted by molar-refractivity contribution is 5.22. The third-order valence-corrected chi connectivity index (χ3v) is 4.20. The fourth-order valence-corrected chi connectivity index (χ4v) is 3.16. The van der Waals surface area contributed by atoms with Gasteiger partial charge in [-0.25, -0.2) is 0 Å². The van der Waals surface area contributed by atoms with Crippen LogP contribution < -0.4 is 0 Å². The normalized spacial score (nSPS) is 36.8. The highest BCUT2D eigenvalue weighted by Gasteiger charge is 2.46. The summed E-state index contributed by atoms with van der Waals surface area (Å²) in [7, 11) is 0. The van der Waals surface area contributed by atoms with Crippen LogP contribution in [0, 0.1) is 11.8 Å². The molecule has 3 nitrogen and oxygen atoms in total. The van der Waals surface area contributed by atoms with Crippen LogP contribution in [0.1, 0.15) is 45.4 Å². The monoisotopic (exact) mass is 240 g/mol. The zero-order chi connectivity index (χ0) is 12.3. The third kappa shape index (κ3) is 2.66. The summed E-state index contributed by atoms with van der Waals surface area (Å²) in [5.74, 6) is 0.500. The van der Waals surface area contributed by atoms with Crippen LogP contribution >= 0.6 is 0 Å². The highest BCUT2D eigenvalue weighted by atomic mass is 16.5. The molecule has 2 aliphatic carbocycles. The van der Waals surface area contributed by atoms with Crippen molar-refractivity contribution in [3.05, 3.63) is 11.8 Å². The summed E-state index contributed by atoms with van der Waals surface area (Å²) in [6.45, 7) is 2.79. The molecule has 4 atom stereocenters. The molecule has 2 N–H and O–H groups in total. The third-order valence-electron chi connectivity index (χ3n) is 4.20.